The first-order valence-corrected chi connectivity index (χ1v) is 5.33. The summed E-state index contributed by atoms with van der Waals surface area (Å²) in [6.07, 6.45) is 1.39. The van der Waals surface area contributed by atoms with Gasteiger partial charge in [0.1, 0.15) is 0 Å². The number of nitrogens with two attached hydrogens (primary N) is 1. The number of aromatic nitrogens is 2. The van der Waals surface area contributed by atoms with Crippen LogP contribution < -0.4 is 10.3 Å². The van der Waals surface area contributed by atoms with Gasteiger partial charge in [-0.2, -0.15) is 0 Å². The van der Waals surface area contributed by atoms with Crippen molar-refractivity contribution in [2.45, 2.75) is 39.8 Å². The molecule has 0 radical (unpaired) electrons. The third-order valence-electron chi connectivity index (χ3n) is 1.25. The van der Waals surface area contributed by atoms with Crippen molar-refractivity contribution in [1.29, 1.82) is 0 Å². The molecule has 3 nitrogen and oxygen atoms in total. The van der Waals surface area contributed by atoms with Crippen molar-refractivity contribution in [3.63, 3.8) is 0 Å². The van der Waals surface area contributed by atoms with Crippen LogP contribution in [0.2, 0.25) is 10.4 Å². The van der Waals surface area contributed by atoms with E-state index in [0.717, 1.165) is 12.1 Å². The molecule has 0 fully saturated rings. The Morgan fingerprint density at radius 2 is 1.71 bits per heavy atom. The first kappa shape index (κ1) is 13.8. The van der Waals surface area contributed by atoms with E-state index in [4.69, 9.17) is 23.2 Å². The van der Waals surface area contributed by atoms with Crippen LogP contribution in [0.1, 0.15) is 27.7 Å². The van der Waals surface area contributed by atoms with Crippen LogP contribution in [0.5, 0.6) is 0 Å². The van der Waals surface area contributed by atoms with Crippen molar-refractivity contribution < 1.29 is 5.32 Å². The standard InChI is InChI=1S/C6H15N.C3HCl2N2/c1-5(2)7-6(3)4;4-2-1-6-3(5)7-2/h5-7H,1-4H3;1H/q;-1/p+1. The molecule has 0 unspecified atom stereocenters. The first-order valence-electron chi connectivity index (χ1n) is 4.57. The minimum atomic E-state index is 0.199. The van der Waals surface area contributed by atoms with Gasteiger partial charge in [0, 0.05) is 10.4 Å². The lowest BCUT2D eigenvalue weighted by Gasteiger charge is -2.06. The van der Waals surface area contributed by atoms with E-state index in [1.165, 1.54) is 6.20 Å². The number of hydrogen-bond acceptors (Lipinski definition) is 1. The fourth-order valence-corrected chi connectivity index (χ4v) is 1.33. The van der Waals surface area contributed by atoms with Gasteiger partial charge in [-0.1, -0.05) is 29.4 Å². The predicted octanol–water partition coefficient (Wildman–Crippen LogP) is 1.71. The Morgan fingerprint density at radius 3 is 1.79 bits per heavy atom. The van der Waals surface area contributed by atoms with Crippen LogP contribution in [0, 0.1) is 0 Å². The molecule has 0 aliphatic rings. The number of rotatable bonds is 2. The Balaban J connectivity index is 0.000000241. The van der Waals surface area contributed by atoms with Gasteiger partial charge in [-0.3, -0.25) is 0 Å². The zero-order valence-corrected chi connectivity index (χ0v) is 10.5. The number of hydrogen-bond donors (Lipinski definition) is 1. The van der Waals surface area contributed by atoms with Gasteiger partial charge in [0.05, 0.1) is 12.1 Å². The van der Waals surface area contributed by atoms with Crippen molar-refractivity contribution in [3.05, 3.63) is 16.6 Å². The van der Waals surface area contributed by atoms with Gasteiger partial charge in [-0.05, 0) is 27.7 Å². The molecule has 0 aliphatic heterocycles. The predicted molar refractivity (Wildman–Crippen MR) is 59.8 cm³/mol. The largest absolute Gasteiger partial charge is 0.432 e. The van der Waals surface area contributed by atoms with Gasteiger partial charge < -0.3 is 15.3 Å². The summed E-state index contributed by atoms with van der Waals surface area (Å²) in [6.45, 7) is 8.83. The van der Waals surface area contributed by atoms with E-state index in [-0.39, 0.29) is 5.28 Å². The lowest BCUT2D eigenvalue weighted by atomic mass is 10.3. The zero-order chi connectivity index (χ0) is 11.1. The summed E-state index contributed by atoms with van der Waals surface area (Å²) in [5.41, 5.74) is 0. The van der Waals surface area contributed by atoms with Crippen molar-refractivity contribution in [2.24, 2.45) is 0 Å². The van der Waals surface area contributed by atoms with Crippen LogP contribution in [0.4, 0.5) is 0 Å². The zero-order valence-electron chi connectivity index (χ0n) is 8.96. The van der Waals surface area contributed by atoms with Gasteiger partial charge >= 0.3 is 0 Å². The van der Waals surface area contributed by atoms with Crippen LogP contribution in [-0.2, 0) is 0 Å². The fraction of sp³-hybridized carbons (Fsp3) is 0.667. The second kappa shape index (κ2) is 7.10. The molecule has 0 saturated heterocycles. The van der Waals surface area contributed by atoms with Crippen molar-refractivity contribution in [2.75, 3.05) is 0 Å². The Hall–Kier alpha value is -0.250. The number of nitrogens with zero attached hydrogens (tertiary/aromatic N) is 2. The van der Waals surface area contributed by atoms with Crippen LogP contribution in [0.3, 0.4) is 0 Å². The highest BCUT2D eigenvalue weighted by Gasteiger charge is 1.97. The van der Waals surface area contributed by atoms with Crippen LogP contribution in [-0.4, -0.2) is 17.1 Å². The molecule has 1 rings (SSSR count). The van der Waals surface area contributed by atoms with Crippen molar-refractivity contribution in [3.8, 4) is 0 Å². The second-order valence-corrected chi connectivity index (χ2v) is 4.37. The SMILES string of the molecule is CC(C)[NH2+]C(C)C.Clc1c[n-]c(Cl)n1. The smallest absolute Gasteiger partial charge is 0.0803 e. The van der Waals surface area contributed by atoms with Gasteiger partial charge in [0.15, 0.2) is 0 Å². The molecule has 0 aliphatic carbocycles. The summed E-state index contributed by atoms with van der Waals surface area (Å²) < 4.78 is 0. The minimum Gasteiger partial charge on any atom is -0.432 e. The molecule has 0 atom stereocenters. The molecule has 0 spiro atoms. The highest BCUT2D eigenvalue weighted by molar-refractivity contribution is 6.32. The first-order chi connectivity index (χ1) is 6.41. The molecule has 1 aromatic rings. The Labute approximate surface area is 95.2 Å². The van der Waals surface area contributed by atoms with Crippen LogP contribution >= 0.6 is 23.2 Å². The molecule has 0 saturated carbocycles. The van der Waals surface area contributed by atoms with E-state index in [1.807, 2.05) is 0 Å². The normalized spacial score (nSPS) is 10.3. The molecule has 0 aromatic carbocycles. The summed E-state index contributed by atoms with van der Waals surface area (Å²) in [5.74, 6) is 0. The summed E-state index contributed by atoms with van der Waals surface area (Å²) in [6, 6.07) is 1.50. The maximum absolute atomic E-state index is 5.30. The number of halogens is 2. The Morgan fingerprint density at radius 1 is 1.21 bits per heavy atom. The highest BCUT2D eigenvalue weighted by Crippen LogP contribution is 2.05. The Kier molecular flexibility index (Phi) is 6.97. The number of imidazole rings is 1. The summed E-state index contributed by atoms with van der Waals surface area (Å²) in [7, 11) is 0. The molecule has 1 heterocycles. The minimum absolute atomic E-state index is 0.199. The van der Waals surface area contributed by atoms with Crippen LogP contribution in [0.25, 0.3) is 0 Å². The summed E-state index contributed by atoms with van der Waals surface area (Å²) >= 11 is 10.6. The van der Waals surface area contributed by atoms with Gasteiger partial charge in [-0.25, -0.2) is 0 Å². The molecular weight excluding hydrogens is 221 g/mol. The average molecular weight is 238 g/mol. The van der Waals surface area contributed by atoms with Crippen molar-refractivity contribution in [1.82, 2.24) is 9.97 Å². The molecule has 1 aromatic heterocycles. The van der Waals surface area contributed by atoms with E-state index in [1.54, 1.807) is 0 Å². The fourth-order valence-electron chi connectivity index (χ4n) is 1.02. The molecular formula is C9H17Cl2N3. The van der Waals surface area contributed by atoms with E-state index in [0.29, 0.717) is 5.15 Å². The van der Waals surface area contributed by atoms with E-state index in [9.17, 15) is 0 Å². The maximum atomic E-state index is 5.30. The van der Waals surface area contributed by atoms with Gasteiger partial charge in [0.2, 0.25) is 0 Å². The third kappa shape index (κ3) is 8.35. The lowest BCUT2D eigenvalue weighted by molar-refractivity contribution is -0.709. The molecule has 0 amide bonds. The highest BCUT2D eigenvalue weighted by atomic mass is 35.5. The summed E-state index contributed by atoms with van der Waals surface area (Å²) in [5, 5.41) is 2.87. The summed E-state index contributed by atoms with van der Waals surface area (Å²) in [4.78, 5) is 7.07. The molecule has 14 heavy (non-hydrogen) atoms. The van der Waals surface area contributed by atoms with Crippen molar-refractivity contribution >= 4 is 23.2 Å². The van der Waals surface area contributed by atoms with E-state index < -0.39 is 0 Å². The van der Waals surface area contributed by atoms with E-state index in [2.05, 4.69) is 43.0 Å². The monoisotopic (exact) mass is 237 g/mol. The topological polar surface area (TPSA) is 43.6 Å². The van der Waals surface area contributed by atoms with E-state index >= 15 is 0 Å². The van der Waals surface area contributed by atoms with Crippen LogP contribution in [0.15, 0.2) is 6.20 Å². The molecule has 82 valence electrons. The third-order valence-corrected chi connectivity index (χ3v) is 1.61. The van der Waals surface area contributed by atoms with Gasteiger partial charge in [0.25, 0.3) is 0 Å². The molecule has 2 N–H and O–H groups in total. The maximum Gasteiger partial charge on any atom is 0.0803 e. The Bertz CT molecular complexity index is 223. The molecule has 0 bridgehead atoms. The lowest BCUT2D eigenvalue weighted by Crippen LogP contribution is -2.92. The second-order valence-electron chi connectivity index (χ2n) is 3.64. The van der Waals surface area contributed by atoms with Gasteiger partial charge in [-0.15, -0.1) is 0 Å². The number of quaternary nitrogens is 1. The molecule has 5 heteroatoms. The average Bonchev–Trinajstić information content (AvgIpc) is 2.32. The quantitative estimate of drug-likeness (QED) is 0.852.